The number of hydrogen-bond acceptors (Lipinski definition) is 4. The quantitative estimate of drug-likeness (QED) is 0.652. The van der Waals surface area contributed by atoms with E-state index in [4.69, 9.17) is 0 Å². The van der Waals surface area contributed by atoms with E-state index in [9.17, 15) is 14.7 Å². The summed E-state index contributed by atoms with van der Waals surface area (Å²) in [5, 5.41) is 13.1. The number of carbonyl (C=O) groups excluding carboxylic acids is 1. The van der Waals surface area contributed by atoms with Gasteiger partial charge < -0.3 is 9.67 Å². The van der Waals surface area contributed by atoms with E-state index in [1.54, 1.807) is 31.4 Å². The summed E-state index contributed by atoms with van der Waals surface area (Å²) in [5.41, 5.74) is 2.60. The average molecular weight is 350 g/mol. The summed E-state index contributed by atoms with van der Waals surface area (Å²) in [5.74, 6) is -0.464. The van der Waals surface area contributed by atoms with Gasteiger partial charge in [-0.15, -0.1) is 0 Å². The van der Waals surface area contributed by atoms with Gasteiger partial charge in [0.2, 0.25) is 0 Å². The lowest BCUT2D eigenvalue weighted by Crippen LogP contribution is -2.29. The zero-order valence-electron chi connectivity index (χ0n) is 11.1. The van der Waals surface area contributed by atoms with Crippen LogP contribution in [0.25, 0.3) is 0 Å². The number of phenols is 1. The smallest absolute Gasteiger partial charge is 0.276 e. The Morgan fingerprint density at radius 1 is 1.43 bits per heavy atom. The monoisotopic (exact) mass is 349 g/mol. The summed E-state index contributed by atoms with van der Waals surface area (Å²) in [4.78, 5) is 23.6. The van der Waals surface area contributed by atoms with Gasteiger partial charge in [-0.3, -0.25) is 9.59 Å². The number of nitrogens with one attached hydrogen (secondary N) is 1. The molecule has 0 radical (unpaired) electrons. The SMILES string of the molecule is Cn1cccc(C(=O)N/N=C\c2ccc(O)c(Br)c2)c1=O. The fraction of sp³-hybridized carbons (Fsp3) is 0.0714. The van der Waals surface area contributed by atoms with E-state index >= 15 is 0 Å². The molecule has 2 rings (SSSR count). The van der Waals surface area contributed by atoms with Crippen LogP contribution in [0, 0.1) is 0 Å². The van der Waals surface area contributed by atoms with Gasteiger partial charge in [-0.25, -0.2) is 5.43 Å². The standard InChI is InChI=1S/C14H12BrN3O3/c1-18-6-2-3-10(14(18)21)13(20)17-16-8-9-4-5-12(19)11(15)7-9/h2-8,19H,1H3,(H,17,20)/b16-8-. The van der Waals surface area contributed by atoms with Crippen molar-refractivity contribution in [1.29, 1.82) is 0 Å². The van der Waals surface area contributed by atoms with Crippen molar-refractivity contribution >= 4 is 28.1 Å². The van der Waals surface area contributed by atoms with E-state index in [0.717, 1.165) is 0 Å². The fourth-order valence-electron chi connectivity index (χ4n) is 1.60. The average Bonchev–Trinajstić information content (AvgIpc) is 2.45. The Labute approximate surface area is 128 Å². The van der Waals surface area contributed by atoms with Gasteiger partial charge in [0.15, 0.2) is 0 Å². The molecule has 0 fully saturated rings. The number of nitrogens with zero attached hydrogens (tertiary/aromatic N) is 2. The third-order valence-corrected chi connectivity index (χ3v) is 3.35. The van der Waals surface area contributed by atoms with Gasteiger partial charge in [-0.05, 0) is 51.8 Å². The molecular formula is C14H12BrN3O3. The van der Waals surface area contributed by atoms with Gasteiger partial charge in [-0.1, -0.05) is 0 Å². The second kappa shape index (κ2) is 6.36. The highest BCUT2D eigenvalue weighted by Crippen LogP contribution is 2.23. The Kier molecular flexibility index (Phi) is 4.54. The number of phenolic OH excluding ortho intramolecular Hbond substituents is 1. The van der Waals surface area contributed by atoms with Gasteiger partial charge >= 0.3 is 0 Å². The van der Waals surface area contributed by atoms with E-state index in [1.165, 1.54) is 22.9 Å². The van der Waals surface area contributed by atoms with Crippen molar-refractivity contribution in [1.82, 2.24) is 9.99 Å². The van der Waals surface area contributed by atoms with Crippen LogP contribution in [0.15, 0.2) is 50.9 Å². The lowest BCUT2D eigenvalue weighted by atomic mass is 10.2. The predicted molar refractivity (Wildman–Crippen MR) is 82.6 cm³/mol. The third kappa shape index (κ3) is 3.57. The van der Waals surface area contributed by atoms with Gasteiger partial charge in [0.05, 0.1) is 10.7 Å². The molecule has 0 unspecified atom stereocenters. The van der Waals surface area contributed by atoms with Crippen molar-refractivity contribution in [3.8, 4) is 5.75 Å². The van der Waals surface area contributed by atoms with Crippen LogP contribution in [0.1, 0.15) is 15.9 Å². The summed E-state index contributed by atoms with van der Waals surface area (Å²) >= 11 is 3.18. The van der Waals surface area contributed by atoms with E-state index in [2.05, 4.69) is 26.5 Å². The summed E-state index contributed by atoms with van der Waals surface area (Å²) < 4.78 is 1.84. The number of aromatic hydroxyl groups is 1. The summed E-state index contributed by atoms with van der Waals surface area (Å²) in [6, 6.07) is 7.82. The first-order valence-electron chi connectivity index (χ1n) is 5.96. The number of hydrogen-bond donors (Lipinski definition) is 2. The second-order valence-electron chi connectivity index (χ2n) is 4.25. The zero-order chi connectivity index (χ0) is 15.4. The highest BCUT2D eigenvalue weighted by molar-refractivity contribution is 9.10. The molecule has 0 aliphatic carbocycles. The molecule has 0 aliphatic rings. The van der Waals surface area contributed by atoms with Crippen molar-refractivity contribution < 1.29 is 9.90 Å². The van der Waals surface area contributed by atoms with Crippen molar-refractivity contribution in [2.24, 2.45) is 12.1 Å². The number of rotatable bonds is 3. The largest absolute Gasteiger partial charge is 0.507 e. The minimum Gasteiger partial charge on any atom is -0.507 e. The minimum atomic E-state index is -0.578. The zero-order valence-corrected chi connectivity index (χ0v) is 12.7. The van der Waals surface area contributed by atoms with Gasteiger partial charge in [0.1, 0.15) is 11.3 Å². The lowest BCUT2D eigenvalue weighted by molar-refractivity contribution is 0.0953. The van der Waals surface area contributed by atoms with Gasteiger partial charge in [0.25, 0.3) is 11.5 Å². The molecule has 0 saturated heterocycles. The molecule has 21 heavy (non-hydrogen) atoms. The maximum atomic E-state index is 11.8. The van der Waals surface area contributed by atoms with Crippen LogP contribution in [0.4, 0.5) is 0 Å². The molecule has 1 amide bonds. The number of halogens is 1. The summed E-state index contributed by atoms with van der Waals surface area (Å²) in [6.45, 7) is 0. The molecule has 1 heterocycles. The Balaban J connectivity index is 2.10. The first-order chi connectivity index (χ1) is 9.99. The van der Waals surface area contributed by atoms with Crippen LogP contribution >= 0.6 is 15.9 Å². The molecular weight excluding hydrogens is 338 g/mol. The number of aromatic nitrogens is 1. The van der Waals surface area contributed by atoms with Crippen LogP contribution < -0.4 is 11.0 Å². The Bertz CT molecular complexity index is 768. The number of pyridine rings is 1. The molecule has 0 atom stereocenters. The molecule has 0 saturated carbocycles. The molecule has 2 aromatic rings. The number of amides is 1. The normalized spacial score (nSPS) is 10.8. The minimum absolute atomic E-state index is 0.0176. The van der Waals surface area contributed by atoms with E-state index in [1.807, 2.05) is 0 Å². The molecule has 2 N–H and O–H groups in total. The molecule has 7 heteroatoms. The van der Waals surface area contributed by atoms with Crippen molar-refractivity contribution in [2.45, 2.75) is 0 Å². The molecule has 108 valence electrons. The first kappa shape index (κ1) is 15.0. The van der Waals surface area contributed by atoms with Crippen molar-refractivity contribution in [3.05, 3.63) is 62.5 Å². The van der Waals surface area contributed by atoms with Crippen LogP contribution in [-0.4, -0.2) is 21.8 Å². The molecule has 0 bridgehead atoms. The third-order valence-electron chi connectivity index (χ3n) is 2.72. The number of aryl methyl sites for hydroxylation is 1. The molecule has 0 spiro atoms. The summed E-state index contributed by atoms with van der Waals surface area (Å²) in [6.07, 6.45) is 2.98. The highest BCUT2D eigenvalue weighted by Gasteiger charge is 2.09. The van der Waals surface area contributed by atoms with E-state index in [-0.39, 0.29) is 11.3 Å². The Morgan fingerprint density at radius 3 is 2.90 bits per heavy atom. The highest BCUT2D eigenvalue weighted by atomic mass is 79.9. The maximum absolute atomic E-state index is 11.8. The Hall–Kier alpha value is -2.41. The number of carbonyl (C=O) groups is 1. The van der Waals surface area contributed by atoms with Crippen LogP contribution in [-0.2, 0) is 7.05 Å². The van der Waals surface area contributed by atoms with Gasteiger partial charge in [0, 0.05) is 13.2 Å². The number of benzene rings is 1. The molecule has 1 aromatic carbocycles. The van der Waals surface area contributed by atoms with E-state index in [0.29, 0.717) is 10.0 Å². The van der Waals surface area contributed by atoms with E-state index < -0.39 is 11.5 Å². The number of hydrazone groups is 1. The van der Waals surface area contributed by atoms with Crippen LogP contribution in [0.5, 0.6) is 5.75 Å². The topological polar surface area (TPSA) is 83.7 Å². The fourth-order valence-corrected chi connectivity index (χ4v) is 2.00. The summed E-state index contributed by atoms with van der Waals surface area (Å²) in [7, 11) is 1.57. The van der Waals surface area contributed by atoms with Crippen LogP contribution in [0.3, 0.4) is 0 Å². The molecule has 6 nitrogen and oxygen atoms in total. The lowest BCUT2D eigenvalue weighted by Gasteiger charge is -2.02. The first-order valence-corrected chi connectivity index (χ1v) is 6.76. The van der Waals surface area contributed by atoms with Gasteiger partial charge in [-0.2, -0.15) is 5.10 Å². The van der Waals surface area contributed by atoms with Crippen LogP contribution in [0.2, 0.25) is 0 Å². The van der Waals surface area contributed by atoms with Crippen molar-refractivity contribution in [2.75, 3.05) is 0 Å². The van der Waals surface area contributed by atoms with Crippen molar-refractivity contribution in [3.63, 3.8) is 0 Å². The molecule has 1 aromatic heterocycles. The Morgan fingerprint density at radius 2 is 2.19 bits per heavy atom. The molecule has 0 aliphatic heterocycles. The second-order valence-corrected chi connectivity index (χ2v) is 5.10. The maximum Gasteiger partial charge on any atom is 0.276 e. The predicted octanol–water partition coefficient (Wildman–Crippen LogP) is 1.62.